The number of halogens is 3. The van der Waals surface area contributed by atoms with Crippen LogP contribution in [0.4, 0.5) is 18.9 Å². The molecule has 0 aliphatic heterocycles. The Kier molecular flexibility index (Phi) is 9.51. The summed E-state index contributed by atoms with van der Waals surface area (Å²) in [6, 6.07) is 18.3. The predicted molar refractivity (Wildman–Crippen MR) is 131 cm³/mol. The number of fused-ring (bicyclic) bond motifs is 1. The molecule has 8 heteroatoms. The zero-order valence-electron chi connectivity index (χ0n) is 19.6. The molecule has 0 bridgehead atoms. The van der Waals surface area contributed by atoms with Gasteiger partial charge in [-0.1, -0.05) is 42.8 Å². The molecule has 1 amide bonds. The van der Waals surface area contributed by atoms with Gasteiger partial charge in [0.1, 0.15) is 18.5 Å². The van der Waals surface area contributed by atoms with Gasteiger partial charge in [-0.2, -0.15) is 13.2 Å². The van der Waals surface area contributed by atoms with E-state index in [1.807, 2.05) is 49.4 Å². The second kappa shape index (κ2) is 12.6. The highest BCUT2D eigenvalue weighted by Crippen LogP contribution is 2.30. The highest BCUT2D eigenvalue weighted by molar-refractivity contribution is 5.90. The predicted octanol–water partition coefficient (Wildman–Crippen LogP) is 5.78. The van der Waals surface area contributed by atoms with E-state index in [9.17, 15) is 23.1 Å². The molecule has 0 aliphatic carbocycles. The van der Waals surface area contributed by atoms with Crippen molar-refractivity contribution in [1.29, 1.82) is 0 Å². The van der Waals surface area contributed by atoms with Gasteiger partial charge in [0.2, 0.25) is 5.91 Å². The smallest absolute Gasteiger partial charge is 0.416 e. The van der Waals surface area contributed by atoms with Gasteiger partial charge in [-0.25, -0.2) is 0 Å². The lowest BCUT2D eigenvalue weighted by Gasteiger charge is -2.18. The van der Waals surface area contributed by atoms with E-state index in [2.05, 4.69) is 10.6 Å². The third-order valence-electron chi connectivity index (χ3n) is 5.67. The Morgan fingerprint density at radius 3 is 2.46 bits per heavy atom. The Labute approximate surface area is 203 Å². The fraction of sp³-hybridized carbons (Fsp3) is 0.370. The number of nitrogens with one attached hydrogen (secondary N) is 2. The van der Waals surface area contributed by atoms with Crippen LogP contribution in [-0.2, 0) is 11.0 Å². The van der Waals surface area contributed by atoms with E-state index in [1.165, 1.54) is 12.1 Å². The number of benzene rings is 3. The maximum atomic E-state index is 12.6. The van der Waals surface area contributed by atoms with Crippen molar-refractivity contribution in [3.63, 3.8) is 0 Å². The van der Waals surface area contributed by atoms with Crippen LogP contribution in [0.1, 0.15) is 38.2 Å². The Morgan fingerprint density at radius 1 is 1.00 bits per heavy atom. The summed E-state index contributed by atoms with van der Waals surface area (Å²) >= 11 is 0. The van der Waals surface area contributed by atoms with Crippen LogP contribution < -0.4 is 15.4 Å². The Bertz CT molecular complexity index is 1080. The number of rotatable bonds is 12. The first kappa shape index (κ1) is 26.5. The molecule has 3 N–H and O–H groups in total. The number of hydrogen-bond donors (Lipinski definition) is 3. The third-order valence-corrected chi connectivity index (χ3v) is 5.67. The molecule has 2 atom stereocenters. The van der Waals surface area contributed by atoms with Crippen molar-refractivity contribution in [2.24, 2.45) is 0 Å². The summed E-state index contributed by atoms with van der Waals surface area (Å²) in [5, 5.41) is 18.3. The molecule has 188 valence electrons. The van der Waals surface area contributed by atoms with Gasteiger partial charge in [0.25, 0.3) is 0 Å². The number of anilines is 1. The monoisotopic (exact) mass is 488 g/mol. The van der Waals surface area contributed by atoms with Crippen LogP contribution >= 0.6 is 0 Å². The summed E-state index contributed by atoms with van der Waals surface area (Å²) < 4.78 is 43.6. The number of ether oxygens (including phenoxy) is 1. The van der Waals surface area contributed by atoms with Crippen molar-refractivity contribution < 1.29 is 27.8 Å². The first-order chi connectivity index (χ1) is 16.7. The minimum atomic E-state index is -4.40. The molecule has 0 spiro atoms. The van der Waals surface area contributed by atoms with Crippen molar-refractivity contribution in [3.05, 3.63) is 72.3 Å². The van der Waals surface area contributed by atoms with E-state index in [0.717, 1.165) is 41.5 Å². The second-order valence-corrected chi connectivity index (χ2v) is 8.62. The molecule has 0 heterocycles. The highest BCUT2D eigenvalue weighted by atomic mass is 19.4. The van der Waals surface area contributed by atoms with Crippen LogP contribution in [-0.4, -0.2) is 36.3 Å². The van der Waals surface area contributed by atoms with E-state index in [-0.39, 0.29) is 25.0 Å². The SMILES string of the molecule is C[C@@H](CCCCC(=O)Nc1ccc(C(F)(F)F)cc1)NC[C@@H](O)COc1cccc2ccccc12. The maximum absolute atomic E-state index is 12.6. The summed E-state index contributed by atoms with van der Waals surface area (Å²) in [6.45, 7) is 2.58. The van der Waals surface area contributed by atoms with E-state index in [1.54, 1.807) is 0 Å². The first-order valence-corrected chi connectivity index (χ1v) is 11.7. The molecule has 0 saturated heterocycles. The van der Waals surface area contributed by atoms with Gasteiger partial charge in [0.15, 0.2) is 0 Å². The molecule has 3 rings (SSSR count). The topological polar surface area (TPSA) is 70.6 Å². The van der Waals surface area contributed by atoms with E-state index in [4.69, 9.17) is 4.74 Å². The van der Waals surface area contributed by atoms with Crippen LogP contribution in [0.2, 0.25) is 0 Å². The van der Waals surface area contributed by atoms with E-state index < -0.39 is 17.8 Å². The Balaban J connectivity index is 1.29. The number of amides is 1. The number of carbonyl (C=O) groups is 1. The van der Waals surface area contributed by atoms with Gasteiger partial charge in [-0.15, -0.1) is 0 Å². The number of aliphatic hydroxyl groups is 1. The molecular weight excluding hydrogens is 457 g/mol. The molecule has 0 saturated carbocycles. The molecule has 0 fully saturated rings. The summed E-state index contributed by atoms with van der Waals surface area (Å²) in [5.74, 6) is 0.510. The fourth-order valence-corrected chi connectivity index (χ4v) is 3.71. The lowest BCUT2D eigenvalue weighted by atomic mass is 10.1. The molecule has 0 radical (unpaired) electrons. The maximum Gasteiger partial charge on any atom is 0.416 e. The number of aliphatic hydroxyl groups excluding tert-OH is 1. The van der Waals surface area contributed by atoms with Gasteiger partial charge in [-0.05, 0) is 55.5 Å². The number of carbonyl (C=O) groups excluding carboxylic acids is 1. The average molecular weight is 489 g/mol. The molecule has 3 aromatic rings. The average Bonchev–Trinajstić information content (AvgIpc) is 2.84. The lowest BCUT2D eigenvalue weighted by Crippen LogP contribution is -2.36. The molecular formula is C27H31F3N2O3. The molecule has 35 heavy (non-hydrogen) atoms. The Morgan fingerprint density at radius 2 is 1.71 bits per heavy atom. The quantitative estimate of drug-likeness (QED) is 0.283. The second-order valence-electron chi connectivity index (χ2n) is 8.62. The zero-order valence-corrected chi connectivity index (χ0v) is 19.6. The van der Waals surface area contributed by atoms with Gasteiger partial charge in [0.05, 0.1) is 5.56 Å². The molecule has 0 aliphatic rings. The van der Waals surface area contributed by atoms with Gasteiger partial charge >= 0.3 is 6.18 Å². The number of alkyl halides is 3. The van der Waals surface area contributed by atoms with Crippen LogP contribution in [0.5, 0.6) is 5.75 Å². The lowest BCUT2D eigenvalue weighted by molar-refractivity contribution is -0.137. The largest absolute Gasteiger partial charge is 0.490 e. The van der Waals surface area contributed by atoms with Crippen molar-refractivity contribution >= 4 is 22.4 Å². The first-order valence-electron chi connectivity index (χ1n) is 11.7. The van der Waals surface area contributed by atoms with Crippen LogP contribution in [0, 0.1) is 0 Å². The van der Waals surface area contributed by atoms with Crippen molar-refractivity contribution in [2.75, 3.05) is 18.5 Å². The van der Waals surface area contributed by atoms with Crippen LogP contribution in [0.15, 0.2) is 66.7 Å². The van der Waals surface area contributed by atoms with Gasteiger partial charge in [-0.3, -0.25) is 4.79 Å². The fourth-order valence-electron chi connectivity index (χ4n) is 3.71. The van der Waals surface area contributed by atoms with Crippen molar-refractivity contribution in [1.82, 2.24) is 5.32 Å². The standard InChI is InChI=1S/C27H31F3N2O3/c1-19(7-2-5-12-26(34)32-22-15-13-21(14-16-22)27(28,29)30)31-17-23(33)18-35-25-11-6-9-20-8-3-4-10-24(20)25/h3-4,6,8-11,13-16,19,23,31,33H,2,5,7,12,17-18H2,1H3,(H,32,34)/t19-,23+/m0/s1. The zero-order chi connectivity index (χ0) is 25.3. The summed E-state index contributed by atoms with van der Waals surface area (Å²) in [6.07, 6.45) is -2.49. The summed E-state index contributed by atoms with van der Waals surface area (Å²) in [4.78, 5) is 12.0. The van der Waals surface area contributed by atoms with Crippen molar-refractivity contribution in [3.8, 4) is 5.75 Å². The van der Waals surface area contributed by atoms with Crippen LogP contribution in [0.3, 0.4) is 0 Å². The molecule has 0 aromatic heterocycles. The van der Waals surface area contributed by atoms with E-state index >= 15 is 0 Å². The third kappa shape index (κ3) is 8.56. The number of hydrogen-bond acceptors (Lipinski definition) is 4. The minimum absolute atomic E-state index is 0.153. The van der Waals surface area contributed by atoms with Gasteiger partial charge < -0.3 is 20.5 Å². The van der Waals surface area contributed by atoms with E-state index in [0.29, 0.717) is 18.7 Å². The summed E-state index contributed by atoms with van der Waals surface area (Å²) in [5.41, 5.74) is -0.403. The highest BCUT2D eigenvalue weighted by Gasteiger charge is 2.29. The molecule has 5 nitrogen and oxygen atoms in total. The summed E-state index contributed by atoms with van der Waals surface area (Å²) in [7, 11) is 0. The normalized spacial score (nSPS) is 13.4. The molecule has 3 aromatic carbocycles. The van der Waals surface area contributed by atoms with Crippen molar-refractivity contribution in [2.45, 2.75) is 50.9 Å². The van der Waals surface area contributed by atoms with Crippen LogP contribution in [0.25, 0.3) is 10.8 Å². The minimum Gasteiger partial charge on any atom is -0.490 e. The molecule has 0 unspecified atom stereocenters. The Hall–Kier alpha value is -3.10. The number of unbranched alkanes of at least 4 members (excludes halogenated alkanes) is 1. The van der Waals surface area contributed by atoms with Gasteiger partial charge in [0, 0.05) is 30.1 Å².